The number of hydrogen-bond donors (Lipinski definition) is 1. The lowest BCUT2D eigenvalue weighted by atomic mass is 10.0. The van der Waals surface area contributed by atoms with Crippen molar-refractivity contribution in [3.63, 3.8) is 0 Å². The summed E-state index contributed by atoms with van der Waals surface area (Å²) in [5.41, 5.74) is 5.39. The van der Waals surface area contributed by atoms with Gasteiger partial charge in [0.15, 0.2) is 6.61 Å². The first-order valence-corrected chi connectivity index (χ1v) is 6.10. The van der Waals surface area contributed by atoms with Crippen molar-refractivity contribution < 1.29 is 14.3 Å². The number of ketones is 1. The van der Waals surface area contributed by atoms with Crippen LogP contribution in [0.4, 0.5) is 0 Å². The molecule has 5 heteroatoms. The molecule has 0 amide bonds. The fourth-order valence-electron chi connectivity index (χ4n) is 2.10. The number of nitrogens with zero attached hydrogens (tertiary/aromatic N) is 1. The quantitative estimate of drug-likeness (QED) is 0.452. The molecule has 0 aromatic rings. The fraction of sp³-hybridized carbons (Fsp3) is 0.615. The molecule has 0 saturated heterocycles. The predicted molar refractivity (Wildman–Crippen MR) is 65.0 cm³/mol. The Hall–Kier alpha value is -1.83. The van der Waals surface area contributed by atoms with Crippen LogP contribution in [0.3, 0.4) is 0 Å². The molecule has 0 aromatic carbocycles. The van der Waals surface area contributed by atoms with Crippen LogP contribution in [0.2, 0.25) is 0 Å². The van der Waals surface area contributed by atoms with Crippen LogP contribution in [0.1, 0.15) is 39.0 Å². The van der Waals surface area contributed by atoms with Crippen molar-refractivity contribution in [1.29, 1.82) is 5.26 Å². The lowest BCUT2D eigenvalue weighted by Gasteiger charge is -2.08. The van der Waals surface area contributed by atoms with Gasteiger partial charge in [-0.15, -0.1) is 0 Å². The van der Waals surface area contributed by atoms with Gasteiger partial charge in [-0.05, 0) is 25.7 Å². The molecule has 2 N–H and O–H groups in total. The third-order valence-electron chi connectivity index (χ3n) is 3.08. The minimum Gasteiger partial charge on any atom is -0.457 e. The zero-order chi connectivity index (χ0) is 13.5. The van der Waals surface area contributed by atoms with Crippen molar-refractivity contribution >= 4 is 11.8 Å². The second kappa shape index (κ2) is 6.80. The number of nitriles is 1. The molecule has 0 unspecified atom stereocenters. The van der Waals surface area contributed by atoms with Crippen molar-refractivity contribution in [2.45, 2.75) is 39.0 Å². The molecule has 0 aliphatic heterocycles. The number of nitrogens with two attached hydrogens (primary N) is 1. The molecule has 1 fully saturated rings. The molecule has 5 nitrogen and oxygen atoms in total. The van der Waals surface area contributed by atoms with Gasteiger partial charge in [-0.2, -0.15) is 5.26 Å². The molecule has 0 bridgehead atoms. The Labute approximate surface area is 107 Å². The van der Waals surface area contributed by atoms with Gasteiger partial charge < -0.3 is 10.5 Å². The number of carbonyl (C=O) groups excluding carboxylic acids is 2. The maximum atomic E-state index is 11.5. The molecule has 1 aliphatic carbocycles. The van der Waals surface area contributed by atoms with E-state index in [9.17, 15) is 9.59 Å². The van der Waals surface area contributed by atoms with Crippen molar-refractivity contribution in [2.24, 2.45) is 11.7 Å². The average molecular weight is 250 g/mol. The van der Waals surface area contributed by atoms with Crippen LogP contribution in [0.5, 0.6) is 0 Å². The van der Waals surface area contributed by atoms with E-state index >= 15 is 0 Å². The Bertz CT molecular complexity index is 397. The first-order chi connectivity index (χ1) is 8.54. The summed E-state index contributed by atoms with van der Waals surface area (Å²) in [7, 11) is 0. The molecule has 0 heterocycles. The Morgan fingerprint density at radius 1 is 1.39 bits per heavy atom. The molecular formula is C13H18N2O3. The largest absolute Gasteiger partial charge is 0.457 e. The molecular weight excluding hydrogens is 232 g/mol. The third kappa shape index (κ3) is 4.21. The Morgan fingerprint density at radius 3 is 2.50 bits per heavy atom. The van der Waals surface area contributed by atoms with E-state index in [0.717, 1.165) is 25.7 Å². The number of allylic oxidation sites excluding steroid dienone is 1. The van der Waals surface area contributed by atoms with Crippen molar-refractivity contribution in [1.82, 2.24) is 0 Å². The van der Waals surface area contributed by atoms with Crippen LogP contribution in [0, 0.1) is 17.2 Å². The summed E-state index contributed by atoms with van der Waals surface area (Å²) in [5, 5.41) is 8.71. The first-order valence-electron chi connectivity index (χ1n) is 6.10. The van der Waals surface area contributed by atoms with Crippen LogP contribution < -0.4 is 5.73 Å². The second-order valence-electron chi connectivity index (χ2n) is 4.61. The normalized spacial score (nSPS) is 16.9. The molecule has 18 heavy (non-hydrogen) atoms. The smallest absolute Gasteiger partial charge is 0.306 e. The third-order valence-corrected chi connectivity index (χ3v) is 3.08. The molecule has 1 saturated carbocycles. The van der Waals surface area contributed by atoms with Gasteiger partial charge in [-0.1, -0.05) is 12.8 Å². The van der Waals surface area contributed by atoms with Gasteiger partial charge in [-0.25, -0.2) is 0 Å². The molecule has 98 valence electrons. The van der Waals surface area contributed by atoms with E-state index in [1.54, 1.807) is 6.07 Å². The average Bonchev–Trinajstić information content (AvgIpc) is 2.79. The van der Waals surface area contributed by atoms with Gasteiger partial charge in [0.2, 0.25) is 5.78 Å². The zero-order valence-electron chi connectivity index (χ0n) is 10.6. The van der Waals surface area contributed by atoms with Gasteiger partial charge >= 0.3 is 5.97 Å². The van der Waals surface area contributed by atoms with Crippen LogP contribution in [-0.4, -0.2) is 18.4 Å². The van der Waals surface area contributed by atoms with E-state index in [-0.39, 0.29) is 17.2 Å². The summed E-state index contributed by atoms with van der Waals surface area (Å²) in [6, 6.07) is 1.71. The van der Waals surface area contributed by atoms with Crippen molar-refractivity contribution in [3.05, 3.63) is 11.3 Å². The van der Waals surface area contributed by atoms with Gasteiger partial charge in [-0.3, -0.25) is 9.59 Å². The second-order valence-corrected chi connectivity index (χ2v) is 4.61. The highest BCUT2D eigenvalue weighted by molar-refractivity contribution is 6.01. The summed E-state index contributed by atoms with van der Waals surface area (Å²) in [6.45, 7) is 1.07. The molecule has 0 radical (unpaired) electrons. The summed E-state index contributed by atoms with van der Waals surface area (Å²) in [6.07, 6.45) is 4.78. The van der Waals surface area contributed by atoms with Crippen molar-refractivity contribution in [3.8, 4) is 6.07 Å². The number of hydrogen-bond acceptors (Lipinski definition) is 5. The first kappa shape index (κ1) is 14.2. The van der Waals surface area contributed by atoms with E-state index in [1.165, 1.54) is 6.92 Å². The lowest BCUT2D eigenvalue weighted by Crippen LogP contribution is -2.18. The fourth-order valence-corrected chi connectivity index (χ4v) is 2.10. The highest BCUT2D eigenvalue weighted by atomic mass is 16.5. The molecule has 0 atom stereocenters. The van der Waals surface area contributed by atoms with Crippen LogP contribution >= 0.6 is 0 Å². The maximum Gasteiger partial charge on any atom is 0.306 e. The van der Waals surface area contributed by atoms with Gasteiger partial charge in [0.05, 0.1) is 0 Å². The van der Waals surface area contributed by atoms with Crippen LogP contribution in [-0.2, 0) is 14.3 Å². The predicted octanol–water partition coefficient (Wildman–Crippen LogP) is 1.44. The van der Waals surface area contributed by atoms with Gasteiger partial charge in [0.25, 0.3) is 0 Å². The Morgan fingerprint density at radius 2 is 2.00 bits per heavy atom. The topological polar surface area (TPSA) is 93.2 Å². The van der Waals surface area contributed by atoms with E-state index in [2.05, 4.69) is 0 Å². The number of esters is 1. The van der Waals surface area contributed by atoms with Crippen molar-refractivity contribution in [2.75, 3.05) is 6.61 Å². The Balaban J connectivity index is 2.36. The van der Waals surface area contributed by atoms with E-state index < -0.39 is 12.4 Å². The Kier molecular flexibility index (Phi) is 5.37. The summed E-state index contributed by atoms with van der Waals surface area (Å²) in [4.78, 5) is 23.0. The summed E-state index contributed by atoms with van der Waals surface area (Å²) in [5.74, 6) is -0.533. The number of rotatable bonds is 5. The number of Topliss-reactive ketones (excluding diaryl/α,β-unsaturated/α-hetero) is 1. The van der Waals surface area contributed by atoms with E-state index in [0.29, 0.717) is 12.3 Å². The zero-order valence-corrected chi connectivity index (χ0v) is 10.6. The highest BCUT2D eigenvalue weighted by Crippen LogP contribution is 2.27. The summed E-state index contributed by atoms with van der Waals surface area (Å²) >= 11 is 0. The monoisotopic (exact) mass is 250 g/mol. The molecule has 1 rings (SSSR count). The van der Waals surface area contributed by atoms with E-state index in [4.69, 9.17) is 15.7 Å². The standard InChI is InChI=1S/C13H18N2O3/c1-9(15)11(7-14)12(16)8-18-13(17)6-10-4-2-3-5-10/h10H,2-6,8,15H2,1H3/b11-9-. The molecule has 0 aromatic heterocycles. The minimum atomic E-state index is -0.544. The lowest BCUT2D eigenvalue weighted by molar-refractivity contribution is -0.148. The molecule has 1 aliphatic rings. The molecule has 0 spiro atoms. The minimum absolute atomic E-state index is 0.135. The highest BCUT2D eigenvalue weighted by Gasteiger charge is 2.20. The van der Waals surface area contributed by atoms with Gasteiger partial charge in [0, 0.05) is 12.1 Å². The van der Waals surface area contributed by atoms with E-state index in [1.807, 2.05) is 0 Å². The van der Waals surface area contributed by atoms with Gasteiger partial charge in [0.1, 0.15) is 11.6 Å². The number of ether oxygens (including phenoxy) is 1. The van der Waals surface area contributed by atoms with Crippen LogP contribution in [0.25, 0.3) is 0 Å². The summed E-state index contributed by atoms with van der Waals surface area (Å²) < 4.78 is 4.87. The van der Waals surface area contributed by atoms with Crippen LogP contribution in [0.15, 0.2) is 11.3 Å². The maximum absolute atomic E-state index is 11.5. The SMILES string of the molecule is C/C(N)=C(\C#N)C(=O)COC(=O)CC1CCCC1. The number of carbonyl (C=O) groups is 2.